The summed E-state index contributed by atoms with van der Waals surface area (Å²) in [5, 5.41) is 13.7. The lowest BCUT2D eigenvalue weighted by atomic mass is 10.2. The average molecular weight is 408 g/mol. The van der Waals surface area contributed by atoms with Crippen molar-refractivity contribution >= 4 is 35.0 Å². The number of hydrogen-bond donors (Lipinski definition) is 0. The van der Waals surface area contributed by atoms with Crippen LogP contribution in [-0.2, 0) is 9.53 Å². The van der Waals surface area contributed by atoms with E-state index in [1.54, 1.807) is 11.6 Å². The van der Waals surface area contributed by atoms with E-state index < -0.39 is 10.9 Å². The van der Waals surface area contributed by atoms with Crippen molar-refractivity contribution in [1.29, 1.82) is 0 Å². The van der Waals surface area contributed by atoms with Crippen LogP contribution < -0.4 is 4.74 Å². The maximum absolute atomic E-state index is 12.2. The van der Waals surface area contributed by atoms with E-state index in [1.807, 2.05) is 18.2 Å². The number of benzene rings is 1. The van der Waals surface area contributed by atoms with E-state index in [2.05, 4.69) is 15.0 Å². The first kappa shape index (κ1) is 18.4. The molecule has 0 fully saturated rings. The lowest BCUT2D eigenvalue weighted by Crippen LogP contribution is -2.06. The zero-order valence-electron chi connectivity index (χ0n) is 14.9. The first-order chi connectivity index (χ1) is 14.0. The number of methoxy groups -OCH3 is 1. The average Bonchev–Trinajstić information content (AvgIpc) is 3.35. The summed E-state index contributed by atoms with van der Waals surface area (Å²) in [5.74, 6) is -0.581. The number of cyclic esters (lactones) is 1. The van der Waals surface area contributed by atoms with Crippen molar-refractivity contribution in [3.63, 3.8) is 0 Å². The second-order valence-electron chi connectivity index (χ2n) is 5.77. The molecule has 0 amide bonds. The molecule has 3 heterocycles. The van der Waals surface area contributed by atoms with Crippen molar-refractivity contribution in [1.82, 2.24) is 9.97 Å². The lowest BCUT2D eigenvalue weighted by Gasteiger charge is -2.03. The minimum atomic E-state index is -0.661. The molecule has 9 nitrogen and oxygen atoms in total. The summed E-state index contributed by atoms with van der Waals surface area (Å²) < 4.78 is 10.1. The van der Waals surface area contributed by atoms with Gasteiger partial charge >= 0.3 is 11.7 Å². The highest BCUT2D eigenvalue weighted by atomic mass is 32.1. The van der Waals surface area contributed by atoms with Crippen LogP contribution >= 0.6 is 11.3 Å². The fourth-order valence-corrected chi connectivity index (χ4v) is 3.35. The first-order valence-electron chi connectivity index (χ1n) is 8.27. The van der Waals surface area contributed by atoms with Crippen LogP contribution in [0.3, 0.4) is 0 Å². The third kappa shape index (κ3) is 3.73. The first-order valence-corrected chi connectivity index (χ1v) is 9.15. The number of nitrogens with zero attached hydrogens (tertiary/aromatic N) is 4. The van der Waals surface area contributed by atoms with Gasteiger partial charge in [-0.1, -0.05) is 6.07 Å². The molecule has 1 aliphatic rings. The molecule has 1 aromatic carbocycles. The van der Waals surface area contributed by atoms with E-state index in [0.717, 1.165) is 5.69 Å². The Morgan fingerprint density at radius 1 is 1.28 bits per heavy atom. The smallest absolute Gasteiger partial charge is 0.363 e. The predicted molar refractivity (Wildman–Crippen MR) is 106 cm³/mol. The maximum atomic E-state index is 12.2. The molecule has 10 heteroatoms. The summed E-state index contributed by atoms with van der Waals surface area (Å²) in [6.07, 6.45) is 3.17. The van der Waals surface area contributed by atoms with Crippen LogP contribution in [0, 0.1) is 10.1 Å². The highest BCUT2D eigenvalue weighted by Gasteiger charge is 2.27. The molecule has 0 unspecified atom stereocenters. The summed E-state index contributed by atoms with van der Waals surface area (Å²) in [4.78, 5) is 35.6. The Morgan fingerprint density at radius 2 is 2.14 bits per heavy atom. The van der Waals surface area contributed by atoms with Crippen LogP contribution in [0.2, 0.25) is 0 Å². The summed E-state index contributed by atoms with van der Waals surface area (Å²) in [6.45, 7) is 0. The van der Waals surface area contributed by atoms with Crippen molar-refractivity contribution in [2.24, 2.45) is 4.99 Å². The summed E-state index contributed by atoms with van der Waals surface area (Å²) in [6, 6.07) is 9.71. The van der Waals surface area contributed by atoms with E-state index in [0.29, 0.717) is 16.3 Å². The second-order valence-corrected chi connectivity index (χ2v) is 6.63. The van der Waals surface area contributed by atoms with Crippen LogP contribution in [0.4, 0.5) is 5.69 Å². The summed E-state index contributed by atoms with van der Waals surface area (Å²) in [5.41, 5.74) is 1.36. The third-order valence-electron chi connectivity index (χ3n) is 3.93. The van der Waals surface area contributed by atoms with Crippen molar-refractivity contribution in [3.05, 3.63) is 75.0 Å². The molecule has 0 N–H and O–H groups in total. The molecule has 0 aliphatic carbocycles. The zero-order chi connectivity index (χ0) is 20.4. The second kappa shape index (κ2) is 7.60. The van der Waals surface area contributed by atoms with E-state index in [4.69, 9.17) is 9.47 Å². The number of carbonyl (C=O) groups is 1. The Labute approximate surface area is 168 Å². The van der Waals surface area contributed by atoms with Gasteiger partial charge in [-0.15, -0.1) is 11.3 Å². The number of esters is 1. The molecule has 0 saturated heterocycles. The van der Waals surface area contributed by atoms with Crippen molar-refractivity contribution in [2.45, 2.75) is 0 Å². The number of carbonyl (C=O) groups excluding carboxylic acids is 1. The number of pyridine rings is 1. The molecule has 0 spiro atoms. The van der Waals surface area contributed by atoms with E-state index in [9.17, 15) is 14.9 Å². The van der Waals surface area contributed by atoms with E-state index in [1.165, 1.54) is 42.7 Å². The number of ether oxygens (including phenoxy) is 2. The van der Waals surface area contributed by atoms with Crippen molar-refractivity contribution in [3.8, 4) is 16.5 Å². The van der Waals surface area contributed by atoms with Crippen LogP contribution in [0.1, 0.15) is 11.3 Å². The largest absolute Gasteiger partial charge is 0.490 e. The van der Waals surface area contributed by atoms with Gasteiger partial charge in [0.2, 0.25) is 5.90 Å². The molecule has 4 rings (SSSR count). The molecule has 1 aliphatic heterocycles. The Balaban J connectivity index is 1.64. The number of nitro benzene ring substituents is 1. The van der Waals surface area contributed by atoms with Crippen molar-refractivity contribution < 1.29 is 19.2 Å². The Kier molecular flexibility index (Phi) is 4.83. The molecule has 0 saturated carbocycles. The lowest BCUT2D eigenvalue weighted by molar-refractivity contribution is -0.385. The molecule has 0 bridgehead atoms. The van der Waals surface area contributed by atoms with Gasteiger partial charge in [0.25, 0.3) is 0 Å². The Bertz CT molecular complexity index is 1170. The SMILES string of the molecule is COc1ccc(C2=NC(=Cc3csc(-c4ccccn4)n3)C(=O)O2)cc1[N+](=O)[O-]. The number of hydrogen-bond acceptors (Lipinski definition) is 9. The van der Waals surface area contributed by atoms with E-state index in [-0.39, 0.29) is 23.0 Å². The van der Waals surface area contributed by atoms with Gasteiger partial charge in [0.05, 0.1) is 23.4 Å². The summed E-state index contributed by atoms with van der Waals surface area (Å²) in [7, 11) is 1.34. The zero-order valence-corrected chi connectivity index (χ0v) is 15.8. The van der Waals surface area contributed by atoms with Crippen LogP contribution in [0.15, 0.2) is 58.7 Å². The minimum absolute atomic E-state index is 0.0211. The highest BCUT2D eigenvalue weighted by Crippen LogP contribution is 2.30. The number of aliphatic imine (C=N–C) groups is 1. The van der Waals surface area contributed by atoms with Crippen molar-refractivity contribution in [2.75, 3.05) is 7.11 Å². The topological polar surface area (TPSA) is 117 Å². The van der Waals surface area contributed by atoms with Gasteiger partial charge in [-0.05, 0) is 30.3 Å². The standard InChI is InChI=1S/C19H12N4O5S/c1-27-16-6-5-11(8-15(16)23(25)26)17-22-14(19(24)28-17)9-12-10-29-18(21-12)13-4-2-3-7-20-13/h2-10H,1H3. The number of thiazole rings is 1. The third-order valence-corrected chi connectivity index (χ3v) is 4.82. The Hall–Kier alpha value is -3.92. The number of aromatic nitrogens is 2. The number of nitro groups is 1. The number of rotatable bonds is 5. The fourth-order valence-electron chi connectivity index (χ4n) is 2.60. The molecule has 144 valence electrons. The van der Waals surface area contributed by atoms with Gasteiger partial charge in [-0.3, -0.25) is 15.1 Å². The van der Waals surface area contributed by atoms with Gasteiger partial charge < -0.3 is 9.47 Å². The minimum Gasteiger partial charge on any atom is -0.490 e. The molecular formula is C19H12N4O5S. The highest BCUT2D eigenvalue weighted by molar-refractivity contribution is 7.13. The quantitative estimate of drug-likeness (QED) is 0.275. The van der Waals surface area contributed by atoms with Gasteiger partial charge in [0.1, 0.15) is 5.01 Å². The normalized spacial score (nSPS) is 14.6. The van der Waals surface area contributed by atoms with Crippen LogP contribution in [0.25, 0.3) is 16.8 Å². The van der Waals surface area contributed by atoms with Crippen LogP contribution in [0.5, 0.6) is 5.75 Å². The van der Waals surface area contributed by atoms with E-state index >= 15 is 0 Å². The molecule has 3 aromatic rings. The van der Waals surface area contributed by atoms with Gasteiger partial charge in [-0.2, -0.15) is 0 Å². The molecule has 2 aromatic heterocycles. The molecule has 29 heavy (non-hydrogen) atoms. The summed E-state index contributed by atoms with van der Waals surface area (Å²) >= 11 is 1.39. The van der Waals surface area contributed by atoms with Gasteiger partial charge in [-0.25, -0.2) is 14.8 Å². The molecule has 0 atom stereocenters. The predicted octanol–water partition coefficient (Wildman–Crippen LogP) is 3.47. The van der Waals surface area contributed by atoms with Crippen LogP contribution in [-0.4, -0.2) is 33.9 Å². The Morgan fingerprint density at radius 3 is 2.86 bits per heavy atom. The molecular weight excluding hydrogens is 396 g/mol. The monoisotopic (exact) mass is 408 g/mol. The maximum Gasteiger partial charge on any atom is 0.363 e. The fraction of sp³-hybridized carbons (Fsp3) is 0.0526. The molecule has 0 radical (unpaired) electrons. The van der Waals surface area contributed by atoms with Gasteiger partial charge in [0.15, 0.2) is 11.4 Å². The van der Waals surface area contributed by atoms with Gasteiger partial charge in [0, 0.05) is 23.2 Å².